The zero-order chi connectivity index (χ0) is 12.3. The van der Waals surface area contributed by atoms with Crippen molar-refractivity contribution in [1.29, 1.82) is 0 Å². The average molecular weight is 239 g/mol. The summed E-state index contributed by atoms with van der Waals surface area (Å²) in [5.74, 6) is 0.224. The van der Waals surface area contributed by atoms with Gasteiger partial charge in [0.05, 0.1) is 6.61 Å². The van der Waals surface area contributed by atoms with Crippen LogP contribution in [0.4, 0.5) is 5.95 Å². The molecule has 1 aromatic heterocycles. The maximum Gasteiger partial charge on any atom is 0.244 e. The summed E-state index contributed by atoms with van der Waals surface area (Å²) in [6.07, 6.45) is 3.62. The number of hydrogen-bond donors (Lipinski definition) is 1. The molecule has 0 saturated heterocycles. The van der Waals surface area contributed by atoms with Gasteiger partial charge in [0.2, 0.25) is 11.9 Å². The smallest absolute Gasteiger partial charge is 0.244 e. The van der Waals surface area contributed by atoms with Gasteiger partial charge in [-0.1, -0.05) is 0 Å². The zero-order valence-electron chi connectivity index (χ0n) is 9.87. The van der Waals surface area contributed by atoms with E-state index in [1.54, 1.807) is 7.11 Å². The fraction of sp³-hybridized carbons (Fsp3) is 0.700. The highest BCUT2D eigenvalue weighted by molar-refractivity contribution is 5.76. The Kier molecular flexibility index (Phi) is 3.58. The van der Waals surface area contributed by atoms with Gasteiger partial charge in [-0.2, -0.15) is 0 Å². The summed E-state index contributed by atoms with van der Waals surface area (Å²) in [6, 6.07) is 0.374. The summed E-state index contributed by atoms with van der Waals surface area (Å²) in [4.78, 5) is 17.7. The van der Waals surface area contributed by atoms with Crippen LogP contribution in [-0.4, -0.2) is 51.9 Å². The van der Waals surface area contributed by atoms with Crippen molar-refractivity contribution in [2.75, 3.05) is 26.0 Å². The molecule has 1 amide bonds. The van der Waals surface area contributed by atoms with Crippen molar-refractivity contribution in [1.82, 2.24) is 19.7 Å². The highest BCUT2D eigenvalue weighted by Crippen LogP contribution is 2.26. The molecule has 0 aliphatic heterocycles. The largest absolute Gasteiger partial charge is 0.383 e. The van der Waals surface area contributed by atoms with Gasteiger partial charge in [-0.25, -0.2) is 9.67 Å². The average Bonchev–Trinajstić information content (AvgIpc) is 3.04. The number of aromatic nitrogens is 3. The maximum atomic E-state index is 12.1. The number of carbonyl (C=O) groups is 1. The SMILES string of the molecule is COCCN(C(=O)Cn1cnc(N)n1)C1CC1. The molecule has 17 heavy (non-hydrogen) atoms. The Labute approximate surface area is 99.5 Å². The van der Waals surface area contributed by atoms with Crippen LogP contribution in [0.2, 0.25) is 0 Å². The molecule has 0 aromatic carbocycles. The van der Waals surface area contributed by atoms with Gasteiger partial charge in [0.1, 0.15) is 12.9 Å². The molecule has 1 saturated carbocycles. The molecule has 1 heterocycles. The molecule has 0 bridgehead atoms. The van der Waals surface area contributed by atoms with E-state index in [0.717, 1.165) is 12.8 Å². The minimum absolute atomic E-state index is 0.0365. The number of rotatable bonds is 6. The second-order valence-corrected chi connectivity index (χ2v) is 4.11. The van der Waals surface area contributed by atoms with Crippen LogP contribution in [0.25, 0.3) is 0 Å². The van der Waals surface area contributed by atoms with Gasteiger partial charge in [0.15, 0.2) is 0 Å². The van der Waals surface area contributed by atoms with Crippen molar-refractivity contribution in [2.24, 2.45) is 0 Å². The van der Waals surface area contributed by atoms with Crippen LogP contribution in [0.3, 0.4) is 0 Å². The van der Waals surface area contributed by atoms with Gasteiger partial charge in [-0.15, -0.1) is 5.10 Å². The van der Waals surface area contributed by atoms with E-state index in [4.69, 9.17) is 10.5 Å². The molecule has 7 nitrogen and oxygen atoms in total. The van der Waals surface area contributed by atoms with Crippen LogP contribution in [0.15, 0.2) is 6.33 Å². The number of nitrogen functional groups attached to an aromatic ring is 1. The first-order chi connectivity index (χ1) is 8.20. The molecule has 2 N–H and O–H groups in total. The molecule has 0 spiro atoms. The predicted octanol–water partition coefficient (Wildman–Crippen LogP) is -0.502. The van der Waals surface area contributed by atoms with E-state index >= 15 is 0 Å². The highest BCUT2D eigenvalue weighted by atomic mass is 16.5. The van der Waals surface area contributed by atoms with Gasteiger partial charge in [-0.3, -0.25) is 4.79 Å². The van der Waals surface area contributed by atoms with E-state index in [9.17, 15) is 4.79 Å². The number of methoxy groups -OCH3 is 1. The topological polar surface area (TPSA) is 86.3 Å². The predicted molar refractivity (Wildman–Crippen MR) is 61.0 cm³/mol. The lowest BCUT2D eigenvalue weighted by Gasteiger charge is -2.21. The molecule has 0 atom stereocenters. The molecule has 1 aliphatic rings. The number of anilines is 1. The second kappa shape index (κ2) is 5.13. The molecule has 94 valence electrons. The third-order valence-corrected chi connectivity index (χ3v) is 2.70. The summed E-state index contributed by atoms with van der Waals surface area (Å²) in [6.45, 7) is 1.37. The van der Waals surface area contributed by atoms with Crippen LogP contribution in [0.5, 0.6) is 0 Å². The van der Waals surface area contributed by atoms with Crippen LogP contribution < -0.4 is 5.73 Å². The van der Waals surface area contributed by atoms with Gasteiger partial charge < -0.3 is 15.4 Å². The number of hydrogen-bond acceptors (Lipinski definition) is 5. The molecular formula is C10H17N5O2. The standard InChI is InChI=1S/C10H17N5O2/c1-17-5-4-15(8-2-3-8)9(16)6-14-7-12-10(11)13-14/h7-8H,2-6H2,1H3,(H2,11,13). The lowest BCUT2D eigenvalue weighted by Crippen LogP contribution is -2.38. The Morgan fingerprint density at radius 3 is 3.00 bits per heavy atom. The number of nitrogens with two attached hydrogens (primary N) is 1. The summed E-state index contributed by atoms with van der Waals surface area (Å²) in [5.41, 5.74) is 5.39. The number of nitrogens with zero attached hydrogens (tertiary/aromatic N) is 4. The van der Waals surface area contributed by atoms with E-state index in [1.807, 2.05) is 4.90 Å². The molecule has 2 rings (SSSR count). The first-order valence-corrected chi connectivity index (χ1v) is 5.64. The van der Waals surface area contributed by atoms with Crippen LogP contribution in [0, 0.1) is 0 Å². The van der Waals surface area contributed by atoms with Gasteiger partial charge in [0.25, 0.3) is 0 Å². The van der Waals surface area contributed by atoms with E-state index < -0.39 is 0 Å². The summed E-state index contributed by atoms with van der Waals surface area (Å²) in [5, 5.41) is 3.90. The van der Waals surface area contributed by atoms with Gasteiger partial charge >= 0.3 is 0 Å². The Hall–Kier alpha value is -1.63. The molecule has 1 aromatic rings. The molecule has 1 fully saturated rings. The van der Waals surface area contributed by atoms with Crippen LogP contribution in [0.1, 0.15) is 12.8 Å². The number of amides is 1. The third kappa shape index (κ3) is 3.16. The molecule has 7 heteroatoms. The van der Waals surface area contributed by atoms with E-state index in [1.165, 1.54) is 11.0 Å². The van der Waals surface area contributed by atoms with Crippen molar-refractivity contribution >= 4 is 11.9 Å². The Morgan fingerprint density at radius 2 is 2.47 bits per heavy atom. The first-order valence-electron chi connectivity index (χ1n) is 5.64. The Balaban J connectivity index is 1.91. The van der Waals surface area contributed by atoms with Crippen molar-refractivity contribution in [2.45, 2.75) is 25.4 Å². The number of ether oxygens (including phenoxy) is 1. The van der Waals surface area contributed by atoms with E-state index in [0.29, 0.717) is 19.2 Å². The quantitative estimate of drug-likeness (QED) is 0.723. The summed E-state index contributed by atoms with van der Waals surface area (Å²) >= 11 is 0. The maximum absolute atomic E-state index is 12.1. The van der Waals surface area contributed by atoms with Gasteiger partial charge in [0, 0.05) is 19.7 Å². The fourth-order valence-corrected chi connectivity index (χ4v) is 1.70. The number of carbonyl (C=O) groups excluding carboxylic acids is 1. The molecule has 0 unspecified atom stereocenters. The minimum atomic E-state index is 0.0365. The Bertz CT molecular complexity index is 388. The third-order valence-electron chi connectivity index (χ3n) is 2.70. The van der Waals surface area contributed by atoms with E-state index in [-0.39, 0.29) is 18.4 Å². The lowest BCUT2D eigenvalue weighted by molar-refractivity contribution is -0.133. The monoisotopic (exact) mass is 239 g/mol. The molecule has 1 aliphatic carbocycles. The fourth-order valence-electron chi connectivity index (χ4n) is 1.70. The van der Waals surface area contributed by atoms with Crippen molar-refractivity contribution < 1.29 is 9.53 Å². The highest BCUT2D eigenvalue weighted by Gasteiger charge is 2.32. The van der Waals surface area contributed by atoms with Crippen molar-refractivity contribution in [3.8, 4) is 0 Å². The lowest BCUT2D eigenvalue weighted by atomic mass is 10.4. The van der Waals surface area contributed by atoms with Gasteiger partial charge in [-0.05, 0) is 12.8 Å². The zero-order valence-corrected chi connectivity index (χ0v) is 9.87. The second-order valence-electron chi connectivity index (χ2n) is 4.11. The summed E-state index contributed by atoms with van der Waals surface area (Å²) in [7, 11) is 1.63. The van der Waals surface area contributed by atoms with Crippen molar-refractivity contribution in [3.05, 3.63) is 6.33 Å². The van der Waals surface area contributed by atoms with Crippen LogP contribution in [-0.2, 0) is 16.1 Å². The van der Waals surface area contributed by atoms with E-state index in [2.05, 4.69) is 10.1 Å². The first kappa shape index (κ1) is 11.8. The molecule has 0 radical (unpaired) electrons. The Morgan fingerprint density at radius 1 is 1.71 bits per heavy atom. The normalized spacial score (nSPS) is 14.9. The summed E-state index contributed by atoms with van der Waals surface area (Å²) < 4.78 is 6.46. The van der Waals surface area contributed by atoms with Crippen molar-refractivity contribution in [3.63, 3.8) is 0 Å². The van der Waals surface area contributed by atoms with Crippen LogP contribution >= 0.6 is 0 Å². The molecular weight excluding hydrogens is 222 g/mol. The minimum Gasteiger partial charge on any atom is -0.383 e.